The number of nitrogens with zero attached hydrogens (tertiary/aromatic N) is 3. The number of anilines is 2. The van der Waals surface area contributed by atoms with E-state index in [2.05, 4.69) is 15.3 Å². The minimum atomic E-state index is -0.523. The smallest absolute Gasteiger partial charge is 0.261 e. The molecule has 3 aliphatic rings. The van der Waals surface area contributed by atoms with Crippen LogP contribution in [0.15, 0.2) is 18.2 Å². The van der Waals surface area contributed by atoms with Crippen molar-refractivity contribution in [2.75, 3.05) is 24.1 Å². The van der Waals surface area contributed by atoms with Crippen molar-refractivity contribution in [3.8, 4) is 0 Å². The number of carbonyl (C=O) groups excluding carboxylic acids is 1. The van der Waals surface area contributed by atoms with Gasteiger partial charge in [-0.3, -0.25) is 9.48 Å². The van der Waals surface area contributed by atoms with Gasteiger partial charge in [0.15, 0.2) is 0 Å². The number of fused-ring (bicyclic) bond motifs is 1. The predicted octanol–water partition coefficient (Wildman–Crippen LogP) is 4.03. The lowest BCUT2D eigenvalue weighted by atomic mass is 9.94. The molecule has 1 aromatic heterocycles. The summed E-state index contributed by atoms with van der Waals surface area (Å²) in [6.07, 6.45) is 5.99. The Labute approximate surface area is 180 Å². The molecule has 0 bridgehead atoms. The molecule has 1 saturated heterocycles. The average Bonchev–Trinajstić information content (AvgIpc) is 3.29. The number of halogens is 2. The van der Waals surface area contributed by atoms with E-state index < -0.39 is 5.82 Å². The number of hydrogen-bond acceptors (Lipinski definition) is 4. The maximum Gasteiger partial charge on any atom is 0.261 e. The van der Waals surface area contributed by atoms with Crippen LogP contribution in [0.1, 0.15) is 54.1 Å². The number of carbonyl (C=O) groups is 1. The highest BCUT2D eigenvalue weighted by Gasteiger charge is 2.46. The second-order valence-electron chi connectivity index (χ2n) is 9.06. The standard InChI is InChI=1S/C22H27ClFN5O/c1-28-21(25)19(22(30)26-15-3-4-18(24)17(23)11-15)20(27-28)14-7-12-9-16(10-13(12)8-14)29-5-2-6-29/h3-4,11-14,16H,2,5-10,25H2,1H3,(H,26,30). The van der Waals surface area contributed by atoms with E-state index in [9.17, 15) is 9.18 Å². The third-order valence-electron chi connectivity index (χ3n) is 7.31. The summed E-state index contributed by atoms with van der Waals surface area (Å²) < 4.78 is 15.0. The van der Waals surface area contributed by atoms with Gasteiger partial charge in [-0.15, -0.1) is 0 Å². The Balaban J connectivity index is 1.34. The predicted molar refractivity (Wildman–Crippen MR) is 115 cm³/mol. The van der Waals surface area contributed by atoms with E-state index in [4.69, 9.17) is 17.3 Å². The summed E-state index contributed by atoms with van der Waals surface area (Å²) in [5.74, 6) is 1.16. The van der Waals surface area contributed by atoms with Gasteiger partial charge in [-0.25, -0.2) is 4.39 Å². The first-order valence-electron chi connectivity index (χ1n) is 10.7. The van der Waals surface area contributed by atoms with E-state index in [1.807, 2.05) is 0 Å². The van der Waals surface area contributed by atoms with Crippen LogP contribution in [-0.4, -0.2) is 39.7 Å². The second kappa shape index (κ2) is 7.54. The molecular formula is C22H27ClFN5O. The number of nitrogens with one attached hydrogen (secondary N) is 1. The topological polar surface area (TPSA) is 76.2 Å². The first kappa shape index (κ1) is 19.8. The van der Waals surface area contributed by atoms with Gasteiger partial charge >= 0.3 is 0 Å². The molecular weight excluding hydrogens is 405 g/mol. The van der Waals surface area contributed by atoms with Crippen LogP contribution < -0.4 is 11.1 Å². The minimum absolute atomic E-state index is 0.0347. The quantitative estimate of drug-likeness (QED) is 0.766. The summed E-state index contributed by atoms with van der Waals surface area (Å²) in [6.45, 7) is 2.50. The molecule has 5 rings (SSSR count). The summed E-state index contributed by atoms with van der Waals surface area (Å²) in [4.78, 5) is 15.7. The summed E-state index contributed by atoms with van der Waals surface area (Å²) in [5.41, 5.74) is 7.88. The molecule has 2 unspecified atom stereocenters. The Kier molecular flexibility index (Phi) is 4.98. The second-order valence-corrected chi connectivity index (χ2v) is 9.46. The molecule has 1 aliphatic heterocycles. The fraction of sp³-hybridized carbons (Fsp3) is 0.545. The van der Waals surface area contributed by atoms with Gasteiger partial charge in [0, 0.05) is 24.7 Å². The van der Waals surface area contributed by atoms with E-state index in [0.717, 1.165) is 24.6 Å². The van der Waals surface area contributed by atoms with E-state index in [1.165, 1.54) is 50.6 Å². The summed E-state index contributed by atoms with van der Waals surface area (Å²) in [6, 6.07) is 4.87. The largest absolute Gasteiger partial charge is 0.383 e. The molecule has 1 aromatic carbocycles. The first-order chi connectivity index (χ1) is 14.4. The van der Waals surface area contributed by atoms with Crippen molar-refractivity contribution in [3.05, 3.63) is 40.3 Å². The number of nitrogens with two attached hydrogens (primary N) is 1. The highest BCUT2D eigenvalue weighted by molar-refractivity contribution is 6.31. The summed E-state index contributed by atoms with van der Waals surface area (Å²) in [7, 11) is 1.76. The van der Waals surface area contributed by atoms with Gasteiger partial charge in [0.05, 0.1) is 10.7 Å². The highest BCUT2D eigenvalue weighted by Crippen LogP contribution is 2.52. The van der Waals surface area contributed by atoms with Gasteiger partial charge in [-0.2, -0.15) is 5.10 Å². The van der Waals surface area contributed by atoms with Crippen LogP contribution in [0.25, 0.3) is 0 Å². The lowest BCUT2D eigenvalue weighted by Crippen LogP contribution is -2.44. The molecule has 2 aromatic rings. The SMILES string of the molecule is Cn1nc(C2CC3CC(N4CCC4)CC3C2)c(C(=O)Nc2ccc(F)c(Cl)c2)c1N. The zero-order valence-electron chi connectivity index (χ0n) is 17.1. The van der Waals surface area contributed by atoms with Crippen molar-refractivity contribution in [1.82, 2.24) is 14.7 Å². The monoisotopic (exact) mass is 431 g/mol. The molecule has 8 heteroatoms. The number of rotatable bonds is 4. The van der Waals surface area contributed by atoms with Crippen molar-refractivity contribution in [2.24, 2.45) is 18.9 Å². The molecule has 0 spiro atoms. The van der Waals surface area contributed by atoms with Gasteiger partial charge in [-0.05, 0) is 75.2 Å². The van der Waals surface area contributed by atoms with Crippen LogP contribution in [0.3, 0.4) is 0 Å². The molecule has 30 heavy (non-hydrogen) atoms. The summed E-state index contributed by atoms with van der Waals surface area (Å²) in [5, 5.41) is 7.40. The van der Waals surface area contributed by atoms with Gasteiger partial charge in [0.1, 0.15) is 17.2 Å². The Morgan fingerprint density at radius 1 is 1.23 bits per heavy atom. The van der Waals surface area contributed by atoms with Gasteiger partial charge in [-0.1, -0.05) is 11.6 Å². The molecule has 2 atom stereocenters. The van der Waals surface area contributed by atoms with Crippen molar-refractivity contribution >= 4 is 29.0 Å². The number of aryl methyl sites for hydroxylation is 1. The molecule has 0 radical (unpaired) electrons. The van der Waals surface area contributed by atoms with E-state index in [-0.39, 0.29) is 16.8 Å². The lowest BCUT2D eigenvalue weighted by Gasteiger charge is -2.37. The number of aromatic nitrogens is 2. The Hall–Kier alpha value is -2.12. The van der Waals surface area contributed by atoms with Crippen LogP contribution in [-0.2, 0) is 7.05 Å². The molecule has 2 saturated carbocycles. The molecule has 1 amide bonds. The lowest BCUT2D eigenvalue weighted by molar-refractivity contribution is 0.102. The normalized spacial score (nSPS) is 28.4. The van der Waals surface area contributed by atoms with Crippen LogP contribution in [0.2, 0.25) is 5.02 Å². The Morgan fingerprint density at radius 3 is 2.53 bits per heavy atom. The summed E-state index contributed by atoms with van der Waals surface area (Å²) >= 11 is 5.85. The molecule has 3 N–H and O–H groups in total. The number of benzene rings is 1. The van der Waals surface area contributed by atoms with Crippen LogP contribution in [0.4, 0.5) is 15.9 Å². The number of amides is 1. The maximum absolute atomic E-state index is 13.4. The zero-order chi connectivity index (χ0) is 21.0. The average molecular weight is 432 g/mol. The maximum atomic E-state index is 13.4. The third-order valence-corrected chi connectivity index (χ3v) is 7.60. The molecule has 2 aliphatic carbocycles. The third kappa shape index (κ3) is 3.38. The Morgan fingerprint density at radius 2 is 1.93 bits per heavy atom. The minimum Gasteiger partial charge on any atom is -0.383 e. The fourth-order valence-electron chi connectivity index (χ4n) is 5.66. The van der Waals surface area contributed by atoms with Gasteiger partial charge in [0.2, 0.25) is 0 Å². The number of likely N-dealkylation sites (tertiary alicyclic amines) is 1. The molecule has 2 heterocycles. The van der Waals surface area contributed by atoms with E-state index >= 15 is 0 Å². The van der Waals surface area contributed by atoms with Crippen LogP contribution >= 0.6 is 11.6 Å². The van der Waals surface area contributed by atoms with Crippen molar-refractivity contribution < 1.29 is 9.18 Å². The van der Waals surface area contributed by atoms with E-state index in [0.29, 0.717) is 28.9 Å². The zero-order valence-corrected chi connectivity index (χ0v) is 17.8. The molecule has 160 valence electrons. The van der Waals surface area contributed by atoms with Crippen LogP contribution in [0.5, 0.6) is 0 Å². The van der Waals surface area contributed by atoms with Gasteiger partial charge < -0.3 is 16.0 Å². The first-order valence-corrected chi connectivity index (χ1v) is 11.1. The fourth-order valence-corrected chi connectivity index (χ4v) is 5.84. The highest BCUT2D eigenvalue weighted by atomic mass is 35.5. The molecule has 6 nitrogen and oxygen atoms in total. The molecule has 3 fully saturated rings. The van der Waals surface area contributed by atoms with Crippen molar-refractivity contribution in [1.29, 1.82) is 0 Å². The Bertz CT molecular complexity index is 974. The number of nitrogen functional groups attached to an aromatic ring is 1. The number of hydrogen-bond donors (Lipinski definition) is 2. The van der Waals surface area contributed by atoms with E-state index in [1.54, 1.807) is 11.7 Å². The van der Waals surface area contributed by atoms with Crippen LogP contribution in [0, 0.1) is 17.7 Å². The van der Waals surface area contributed by atoms with Gasteiger partial charge in [0.25, 0.3) is 5.91 Å². The van der Waals surface area contributed by atoms with Crippen molar-refractivity contribution in [3.63, 3.8) is 0 Å². The van der Waals surface area contributed by atoms with Crippen molar-refractivity contribution in [2.45, 2.75) is 44.1 Å².